The summed E-state index contributed by atoms with van der Waals surface area (Å²) in [7, 11) is 0. The molecule has 0 spiro atoms. The van der Waals surface area contributed by atoms with Gasteiger partial charge in [-0.1, -0.05) is 12.2 Å². The van der Waals surface area contributed by atoms with Crippen molar-refractivity contribution in [2.75, 3.05) is 0 Å². The molecule has 2 rings (SSSR count). The van der Waals surface area contributed by atoms with Crippen molar-refractivity contribution in [3.63, 3.8) is 0 Å². The van der Waals surface area contributed by atoms with Crippen molar-refractivity contribution in [3.05, 3.63) is 39.5 Å². The Labute approximate surface area is 93.5 Å². The molecular weight excluding hydrogens is 208 g/mol. The molecule has 1 heterocycles. The second-order valence-electron chi connectivity index (χ2n) is 3.91. The lowest BCUT2D eigenvalue weighted by atomic mass is 9.94. The number of H-pyrrole nitrogens is 1. The smallest absolute Gasteiger partial charge is 0.251 e. The molecule has 1 atom stereocenters. The van der Waals surface area contributed by atoms with Crippen molar-refractivity contribution < 1.29 is 0 Å². The van der Waals surface area contributed by atoms with Crippen LogP contribution in [0, 0.1) is 10.7 Å². The van der Waals surface area contributed by atoms with Crippen LogP contribution in [0.1, 0.15) is 19.3 Å². The van der Waals surface area contributed by atoms with E-state index in [4.69, 9.17) is 12.2 Å². The quantitative estimate of drug-likeness (QED) is 0.615. The average Bonchev–Trinajstić information content (AvgIpc) is 2.24. The average molecular weight is 222 g/mol. The molecule has 3 nitrogen and oxygen atoms in total. The number of allylic oxidation sites excluding steroid dienone is 2. The highest BCUT2D eigenvalue weighted by atomic mass is 32.1. The summed E-state index contributed by atoms with van der Waals surface area (Å²) in [5.74, 6) is 0.646. The molecule has 1 aliphatic carbocycles. The van der Waals surface area contributed by atoms with E-state index in [9.17, 15) is 4.79 Å². The highest BCUT2D eigenvalue weighted by Gasteiger charge is 2.10. The normalized spacial score (nSPS) is 20.4. The summed E-state index contributed by atoms with van der Waals surface area (Å²) in [6.07, 6.45) is 9.70. The van der Waals surface area contributed by atoms with E-state index in [0.717, 1.165) is 19.4 Å². The molecule has 80 valence electrons. The van der Waals surface area contributed by atoms with E-state index in [0.29, 0.717) is 10.7 Å². The highest BCUT2D eigenvalue weighted by Crippen LogP contribution is 2.19. The largest absolute Gasteiger partial charge is 0.325 e. The molecule has 0 radical (unpaired) electrons. The third-order valence-electron chi connectivity index (χ3n) is 2.73. The van der Waals surface area contributed by atoms with Crippen molar-refractivity contribution >= 4 is 12.2 Å². The molecule has 1 aliphatic rings. The Balaban J connectivity index is 2.13. The van der Waals surface area contributed by atoms with Gasteiger partial charge in [0.1, 0.15) is 0 Å². The van der Waals surface area contributed by atoms with Gasteiger partial charge in [0.15, 0.2) is 4.77 Å². The Morgan fingerprint density at radius 1 is 1.53 bits per heavy atom. The second kappa shape index (κ2) is 4.57. The summed E-state index contributed by atoms with van der Waals surface area (Å²) < 4.78 is 2.47. The number of hydrogen-bond donors (Lipinski definition) is 1. The lowest BCUT2D eigenvalue weighted by Crippen LogP contribution is -2.16. The summed E-state index contributed by atoms with van der Waals surface area (Å²) in [6, 6.07) is 1.52. The van der Waals surface area contributed by atoms with Gasteiger partial charge in [-0.05, 0) is 37.4 Å². The molecular formula is C11H14N2OS. The van der Waals surface area contributed by atoms with E-state index in [2.05, 4.69) is 17.1 Å². The van der Waals surface area contributed by atoms with E-state index >= 15 is 0 Å². The van der Waals surface area contributed by atoms with Gasteiger partial charge in [-0.2, -0.15) is 0 Å². The zero-order chi connectivity index (χ0) is 10.7. The van der Waals surface area contributed by atoms with Crippen LogP contribution in [0.4, 0.5) is 0 Å². The molecule has 4 heteroatoms. The predicted octanol–water partition coefficient (Wildman–Crippen LogP) is 2.26. The van der Waals surface area contributed by atoms with Crippen LogP contribution in [-0.4, -0.2) is 9.55 Å². The van der Waals surface area contributed by atoms with Gasteiger partial charge in [0, 0.05) is 18.8 Å². The minimum absolute atomic E-state index is 0.125. The summed E-state index contributed by atoms with van der Waals surface area (Å²) >= 11 is 5.10. The molecule has 0 saturated carbocycles. The highest BCUT2D eigenvalue weighted by molar-refractivity contribution is 7.71. The van der Waals surface area contributed by atoms with Gasteiger partial charge in [0.05, 0.1) is 0 Å². The van der Waals surface area contributed by atoms with Crippen LogP contribution in [0.3, 0.4) is 0 Å². The molecule has 15 heavy (non-hydrogen) atoms. The van der Waals surface area contributed by atoms with E-state index in [1.54, 1.807) is 6.20 Å². The topological polar surface area (TPSA) is 37.8 Å². The van der Waals surface area contributed by atoms with Crippen molar-refractivity contribution in [1.29, 1.82) is 0 Å². The predicted molar refractivity (Wildman–Crippen MR) is 62.4 cm³/mol. The first kappa shape index (κ1) is 10.4. The van der Waals surface area contributed by atoms with E-state index in [1.807, 2.05) is 4.57 Å². The van der Waals surface area contributed by atoms with Crippen LogP contribution in [0.25, 0.3) is 0 Å². The second-order valence-corrected chi connectivity index (χ2v) is 4.30. The van der Waals surface area contributed by atoms with E-state index < -0.39 is 0 Å². The van der Waals surface area contributed by atoms with Crippen molar-refractivity contribution in [2.24, 2.45) is 5.92 Å². The van der Waals surface area contributed by atoms with Gasteiger partial charge in [-0.15, -0.1) is 0 Å². The zero-order valence-electron chi connectivity index (χ0n) is 8.48. The molecule has 0 amide bonds. The van der Waals surface area contributed by atoms with E-state index in [1.165, 1.54) is 12.5 Å². The molecule has 0 bridgehead atoms. The maximum Gasteiger partial charge on any atom is 0.251 e. The fraction of sp³-hybridized carbons (Fsp3) is 0.455. The molecule has 1 unspecified atom stereocenters. The molecule has 0 aromatic carbocycles. The Morgan fingerprint density at radius 2 is 2.40 bits per heavy atom. The molecule has 1 aromatic heterocycles. The third kappa shape index (κ3) is 2.65. The summed E-state index contributed by atoms with van der Waals surface area (Å²) in [4.78, 5) is 13.6. The molecule has 0 aliphatic heterocycles. The Morgan fingerprint density at radius 3 is 3.07 bits per heavy atom. The summed E-state index contributed by atoms with van der Waals surface area (Å²) in [6.45, 7) is 0.903. The van der Waals surface area contributed by atoms with Gasteiger partial charge in [-0.3, -0.25) is 9.78 Å². The van der Waals surface area contributed by atoms with Gasteiger partial charge in [0.25, 0.3) is 5.56 Å². The number of rotatable bonds is 2. The number of nitrogens with one attached hydrogen (secondary N) is 1. The minimum Gasteiger partial charge on any atom is -0.325 e. The van der Waals surface area contributed by atoms with Gasteiger partial charge >= 0.3 is 0 Å². The Hall–Kier alpha value is -1.16. The Kier molecular flexibility index (Phi) is 3.16. The van der Waals surface area contributed by atoms with Crippen molar-refractivity contribution in [3.8, 4) is 0 Å². The van der Waals surface area contributed by atoms with Gasteiger partial charge in [-0.25, -0.2) is 0 Å². The maximum absolute atomic E-state index is 11.0. The lowest BCUT2D eigenvalue weighted by molar-refractivity contribution is 0.404. The molecule has 1 aromatic rings. The number of aromatic amines is 1. The first-order valence-corrected chi connectivity index (χ1v) is 5.61. The summed E-state index contributed by atoms with van der Waals surface area (Å²) in [5.41, 5.74) is -0.125. The van der Waals surface area contributed by atoms with Gasteiger partial charge < -0.3 is 4.57 Å². The fourth-order valence-electron chi connectivity index (χ4n) is 1.89. The van der Waals surface area contributed by atoms with Crippen LogP contribution >= 0.6 is 12.2 Å². The third-order valence-corrected chi connectivity index (χ3v) is 3.07. The first-order valence-electron chi connectivity index (χ1n) is 5.20. The molecule has 0 fully saturated rings. The standard InChI is InChI=1S/C11H14N2OS/c14-10-6-7-13(11(15)12-10)8-9-4-2-1-3-5-9/h1-2,6-7,9H,3-5,8H2,(H,12,14,15). The van der Waals surface area contributed by atoms with Crippen LogP contribution in [0.2, 0.25) is 0 Å². The van der Waals surface area contributed by atoms with E-state index in [-0.39, 0.29) is 5.56 Å². The number of aromatic nitrogens is 2. The lowest BCUT2D eigenvalue weighted by Gasteiger charge is -2.18. The SMILES string of the molecule is O=c1ccn(CC2CC=CCC2)c(=S)[nH]1. The van der Waals surface area contributed by atoms with Crippen LogP contribution in [0.5, 0.6) is 0 Å². The maximum atomic E-state index is 11.0. The Bertz CT molecular complexity index is 472. The molecule has 1 N–H and O–H groups in total. The number of hydrogen-bond acceptors (Lipinski definition) is 2. The van der Waals surface area contributed by atoms with Gasteiger partial charge in [0.2, 0.25) is 0 Å². The zero-order valence-corrected chi connectivity index (χ0v) is 9.30. The van der Waals surface area contributed by atoms with Crippen molar-refractivity contribution in [1.82, 2.24) is 9.55 Å². The summed E-state index contributed by atoms with van der Waals surface area (Å²) in [5, 5.41) is 0. The first-order chi connectivity index (χ1) is 7.25. The number of nitrogens with zero attached hydrogens (tertiary/aromatic N) is 1. The van der Waals surface area contributed by atoms with Crippen LogP contribution in [0.15, 0.2) is 29.2 Å². The molecule has 0 saturated heterocycles. The fourth-order valence-corrected chi connectivity index (χ4v) is 2.12. The van der Waals surface area contributed by atoms with Crippen molar-refractivity contribution in [2.45, 2.75) is 25.8 Å². The monoisotopic (exact) mass is 222 g/mol. The van der Waals surface area contributed by atoms with Crippen LogP contribution < -0.4 is 5.56 Å². The minimum atomic E-state index is -0.125. The van der Waals surface area contributed by atoms with Crippen LogP contribution in [-0.2, 0) is 6.54 Å².